The van der Waals surface area contributed by atoms with Gasteiger partial charge in [-0.15, -0.1) is 0 Å². The summed E-state index contributed by atoms with van der Waals surface area (Å²) in [7, 11) is 0. The molecule has 74 valence electrons. The zero-order valence-corrected chi connectivity index (χ0v) is 8.82. The van der Waals surface area contributed by atoms with E-state index in [0.29, 0.717) is 11.4 Å². The number of rotatable bonds is 0. The van der Waals surface area contributed by atoms with Crippen LogP contribution in [0.5, 0.6) is 0 Å². The number of halogens is 1. The zero-order valence-electron chi connectivity index (χ0n) is 8.82. The van der Waals surface area contributed by atoms with Crippen LogP contribution in [0.2, 0.25) is 0 Å². The average molecular weight is 176 g/mol. The van der Waals surface area contributed by atoms with Crippen molar-refractivity contribution in [3.05, 3.63) is 12.3 Å². The molecule has 0 aliphatic heterocycles. The Morgan fingerprint density at radius 2 is 1.42 bits per heavy atom. The molecule has 0 aromatic carbocycles. The van der Waals surface area contributed by atoms with E-state index in [9.17, 15) is 4.48 Å². The van der Waals surface area contributed by atoms with Gasteiger partial charge < -0.3 is 5.73 Å². The van der Waals surface area contributed by atoms with Gasteiger partial charge in [-0.05, 0) is 26.5 Å². The lowest BCUT2D eigenvalue weighted by Crippen LogP contribution is -1.83. The minimum Gasteiger partial charge on any atom is -0.403 e. The highest BCUT2D eigenvalue weighted by Crippen LogP contribution is 1.70. The Hall–Kier alpha value is -0.860. The van der Waals surface area contributed by atoms with Crippen LogP contribution in [0.1, 0.15) is 41.0 Å². The molecule has 2 nitrogen and oxygen atoms in total. The summed E-state index contributed by atoms with van der Waals surface area (Å²) in [5.74, 6) is 0. The van der Waals surface area contributed by atoms with Gasteiger partial charge in [0, 0.05) is 5.71 Å². The molecule has 0 rings (SSSR count). The van der Waals surface area contributed by atoms with E-state index in [4.69, 9.17) is 5.73 Å². The summed E-state index contributed by atoms with van der Waals surface area (Å²) in [6.45, 7) is 12.5. The van der Waals surface area contributed by atoms with Crippen LogP contribution in [-0.2, 0) is 0 Å². The molecular weight excluding hydrogens is 155 g/mol. The third-order valence-corrected chi connectivity index (χ3v) is 0.169. The van der Waals surface area contributed by atoms with Crippen LogP contribution in [0.15, 0.2) is 17.5 Å². The van der Waals surface area contributed by atoms with E-state index in [1.165, 1.54) is 6.42 Å². The van der Waals surface area contributed by atoms with E-state index in [-0.39, 0.29) is 0 Å². The molecule has 0 saturated heterocycles. The summed E-state index contributed by atoms with van der Waals surface area (Å²) in [5, 5.41) is 2.31. The minimum absolute atomic E-state index is 0.463. The molecule has 0 amide bonds. The summed E-state index contributed by atoms with van der Waals surface area (Å²) in [6, 6.07) is 0. The van der Waals surface area contributed by atoms with Gasteiger partial charge in [-0.1, -0.05) is 36.5 Å². The van der Waals surface area contributed by atoms with Crippen molar-refractivity contribution in [2.24, 2.45) is 10.9 Å². The van der Waals surface area contributed by atoms with E-state index in [1.54, 1.807) is 20.8 Å². The number of hydrogen-bond donors (Lipinski definition) is 1. The first-order valence-corrected chi connectivity index (χ1v) is 3.95. The summed E-state index contributed by atoms with van der Waals surface area (Å²) in [5.41, 5.74) is 6.05. The Morgan fingerprint density at radius 1 is 1.33 bits per heavy atom. The first-order valence-electron chi connectivity index (χ1n) is 3.95. The normalized spacial score (nSPS) is 6.50. The molecular formula is C9H21FN2. The quantitative estimate of drug-likeness (QED) is 0.565. The third-order valence-electron chi connectivity index (χ3n) is 0.169. The first-order chi connectivity index (χ1) is 5.42. The molecule has 0 aliphatic rings. The second-order valence-corrected chi connectivity index (χ2v) is 2.59. The highest BCUT2D eigenvalue weighted by Gasteiger charge is 1.66. The molecule has 0 fully saturated rings. The molecule has 0 spiro atoms. The Labute approximate surface area is 75.3 Å². The lowest BCUT2D eigenvalue weighted by Gasteiger charge is -1.69. The summed E-state index contributed by atoms with van der Waals surface area (Å²) in [6.07, 6.45) is 1.25. The molecule has 0 aromatic rings. The van der Waals surface area contributed by atoms with Gasteiger partial charge in [-0.25, -0.2) is 0 Å². The van der Waals surface area contributed by atoms with Gasteiger partial charge in [0.2, 0.25) is 0 Å². The third kappa shape index (κ3) is 466. The topological polar surface area (TPSA) is 38.4 Å². The number of nitrogens with two attached hydrogens (primary N) is 1. The second-order valence-electron chi connectivity index (χ2n) is 2.59. The Bertz CT molecular complexity index is 112. The molecule has 0 bridgehead atoms. The van der Waals surface area contributed by atoms with Gasteiger partial charge in [0.25, 0.3) is 0 Å². The summed E-state index contributed by atoms with van der Waals surface area (Å²) in [4.78, 5) is 0. The number of nitrogens with zero attached hydrogens (tertiary/aromatic N) is 1. The molecule has 0 heterocycles. The minimum atomic E-state index is 0.463. The maximum absolute atomic E-state index is 10.7. The lowest BCUT2D eigenvalue weighted by molar-refractivity contribution is 0.536. The summed E-state index contributed by atoms with van der Waals surface area (Å²) >= 11 is 0. The monoisotopic (exact) mass is 176 g/mol. The van der Waals surface area contributed by atoms with Gasteiger partial charge in [-0.3, -0.25) is 0 Å². The van der Waals surface area contributed by atoms with Crippen LogP contribution in [0.25, 0.3) is 0 Å². The fourth-order valence-electron chi connectivity index (χ4n) is 0. The fraction of sp³-hybridized carbons (Fsp3) is 0.667. The van der Waals surface area contributed by atoms with Crippen LogP contribution < -0.4 is 5.73 Å². The SMILES string of the molecule is C=C(C)N.CC(C)=NF.CCC. The highest BCUT2D eigenvalue weighted by atomic mass is 19.2. The van der Waals surface area contributed by atoms with E-state index >= 15 is 0 Å². The predicted molar refractivity (Wildman–Crippen MR) is 54.9 cm³/mol. The summed E-state index contributed by atoms with van der Waals surface area (Å²) < 4.78 is 10.7. The standard InChI is InChI=1S/C3H6FN.C3H7N.C3H8/c1-3(2)5-4;1-3(2)4;1-3-2/h1-2H3;1,4H2,2H3;3H2,1-2H3. The second kappa shape index (κ2) is 16.6. The van der Waals surface area contributed by atoms with E-state index in [0.717, 1.165) is 0 Å². The van der Waals surface area contributed by atoms with Gasteiger partial charge in [0.1, 0.15) is 0 Å². The van der Waals surface area contributed by atoms with Gasteiger partial charge in [0.15, 0.2) is 0 Å². The van der Waals surface area contributed by atoms with Crippen molar-refractivity contribution in [1.29, 1.82) is 0 Å². The van der Waals surface area contributed by atoms with Crippen molar-refractivity contribution < 1.29 is 4.48 Å². The van der Waals surface area contributed by atoms with Gasteiger partial charge in [0.05, 0.1) is 0 Å². The van der Waals surface area contributed by atoms with Gasteiger partial charge in [-0.2, -0.15) is 0 Å². The molecule has 0 saturated carbocycles. The number of hydrogen-bond acceptors (Lipinski definition) is 2. The maximum Gasteiger partial charge on any atom is 0.0447 e. The molecule has 2 N–H and O–H groups in total. The first kappa shape index (κ1) is 17.3. The molecule has 0 radical (unpaired) electrons. The van der Waals surface area contributed by atoms with Crippen molar-refractivity contribution in [1.82, 2.24) is 0 Å². The number of allylic oxidation sites excluding steroid dienone is 1. The van der Waals surface area contributed by atoms with Crippen LogP contribution in [-0.4, -0.2) is 5.71 Å². The Balaban J connectivity index is -0.000000105. The maximum atomic E-state index is 10.7. The molecule has 0 aromatic heterocycles. The Kier molecular flexibility index (Phi) is 23.9. The highest BCUT2D eigenvalue weighted by molar-refractivity contribution is 5.78. The van der Waals surface area contributed by atoms with Crippen molar-refractivity contribution >= 4 is 5.71 Å². The van der Waals surface area contributed by atoms with Crippen LogP contribution in [0.3, 0.4) is 0 Å². The van der Waals surface area contributed by atoms with Crippen LogP contribution in [0.4, 0.5) is 4.48 Å². The van der Waals surface area contributed by atoms with Crippen molar-refractivity contribution in [2.45, 2.75) is 41.0 Å². The smallest absolute Gasteiger partial charge is 0.0447 e. The average Bonchev–Trinajstić information content (AvgIpc) is 1.88. The van der Waals surface area contributed by atoms with Gasteiger partial charge >= 0.3 is 0 Å². The van der Waals surface area contributed by atoms with Crippen LogP contribution in [0, 0.1) is 0 Å². The molecule has 0 atom stereocenters. The van der Waals surface area contributed by atoms with E-state index < -0.39 is 0 Å². The fourth-order valence-corrected chi connectivity index (χ4v) is 0. The molecule has 3 heteroatoms. The molecule has 0 unspecified atom stereocenters. The van der Waals surface area contributed by atoms with Crippen molar-refractivity contribution in [3.8, 4) is 0 Å². The predicted octanol–water partition coefficient (Wildman–Crippen LogP) is 3.25. The molecule has 0 aliphatic carbocycles. The van der Waals surface area contributed by atoms with Crippen molar-refractivity contribution in [3.63, 3.8) is 0 Å². The largest absolute Gasteiger partial charge is 0.403 e. The van der Waals surface area contributed by atoms with E-state index in [2.05, 4.69) is 25.6 Å². The zero-order chi connectivity index (χ0) is 10.6. The van der Waals surface area contributed by atoms with Crippen molar-refractivity contribution in [2.75, 3.05) is 0 Å². The van der Waals surface area contributed by atoms with Crippen LogP contribution >= 0.6 is 0 Å². The van der Waals surface area contributed by atoms with E-state index in [1.807, 2.05) is 0 Å². The lowest BCUT2D eigenvalue weighted by atomic mass is 10.5. The molecule has 12 heavy (non-hydrogen) atoms. The Morgan fingerprint density at radius 3 is 1.42 bits per heavy atom.